The van der Waals surface area contributed by atoms with Crippen LogP contribution in [0.15, 0.2) is 70.7 Å². The SMILES string of the molecule is COc1ccc(/C=N/Nc2ccc(S(=O)(=O)Nc3ccccc3OC)cc2[N+](=O)[O-])cc1O. The van der Waals surface area contributed by atoms with E-state index < -0.39 is 20.6 Å². The molecule has 0 aliphatic heterocycles. The number of ether oxygens (including phenoxy) is 2. The third kappa shape index (κ3) is 5.49. The molecule has 12 heteroatoms. The van der Waals surface area contributed by atoms with Crippen molar-refractivity contribution >= 4 is 33.3 Å². The minimum Gasteiger partial charge on any atom is -0.504 e. The Morgan fingerprint density at radius 1 is 1.00 bits per heavy atom. The second-order valence-electron chi connectivity index (χ2n) is 6.54. The quantitative estimate of drug-likeness (QED) is 0.243. The summed E-state index contributed by atoms with van der Waals surface area (Å²) in [5, 5.41) is 25.3. The van der Waals surface area contributed by atoms with Crippen molar-refractivity contribution in [2.24, 2.45) is 5.10 Å². The maximum absolute atomic E-state index is 12.8. The number of nitro benzene ring substituents is 1. The summed E-state index contributed by atoms with van der Waals surface area (Å²) in [5.74, 6) is 0.492. The van der Waals surface area contributed by atoms with Crippen LogP contribution >= 0.6 is 0 Å². The van der Waals surface area contributed by atoms with Crippen molar-refractivity contribution in [3.8, 4) is 17.2 Å². The second-order valence-corrected chi connectivity index (χ2v) is 8.23. The molecule has 0 spiro atoms. The fraction of sp³-hybridized carbons (Fsp3) is 0.0952. The fourth-order valence-corrected chi connectivity index (χ4v) is 3.91. The molecule has 3 aromatic rings. The van der Waals surface area contributed by atoms with Crippen molar-refractivity contribution in [3.05, 3.63) is 76.3 Å². The highest BCUT2D eigenvalue weighted by molar-refractivity contribution is 7.92. The maximum atomic E-state index is 12.8. The minimum absolute atomic E-state index is 0.0229. The van der Waals surface area contributed by atoms with Gasteiger partial charge in [-0.2, -0.15) is 5.10 Å². The lowest BCUT2D eigenvalue weighted by atomic mass is 10.2. The van der Waals surface area contributed by atoms with E-state index in [4.69, 9.17) is 9.47 Å². The van der Waals surface area contributed by atoms with E-state index in [1.54, 1.807) is 24.3 Å². The number of methoxy groups -OCH3 is 2. The number of hydrazone groups is 1. The Bertz CT molecular complexity index is 1310. The summed E-state index contributed by atoms with van der Waals surface area (Å²) in [4.78, 5) is 10.5. The molecule has 11 nitrogen and oxygen atoms in total. The van der Waals surface area contributed by atoms with Gasteiger partial charge in [-0.15, -0.1) is 0 Å². The van der Waals surface area contributed by atoms with Gasteiger partial charge in [0.1, 0.15) is 11.4 Å². The number of phenolic OH excluding ortho intramolecular Hbond substituents is 1. The number of nitrogens with zero attached hydrogens (tertiary/aromatic N) is 2. The molecule has 3 N–H and O–H groups in total. The van der Waals surface area contributed by atoms with Gasteiger partial charge >= 0.3 is 0 Å². The molecule has 3 rings (SSSR count). The lowest BCUT2D eigenvalue weighted by molar-refractivity contribution is -0.384. The van der Waals surface area contributed by atoms with Gasteiger partial charge in [-0.3, -0.25) is 20.3 Å². The van der Waals surface area contributed by atoms with Gasteiger partial charge < -0.3 is 14.6 Å². The molecular weight excluding hydrogens is 452 g/mol. The van der Waals surface area contributed by atoms with Gasteiger partial charge in [-0.25, -0.2) is 8.42 Å². The number of benzene rings is 3. The first-order chi connectivity index (χ1) is 15.7. The lowest BCUT2D eigenvalue weighted by Gasteiger charge is -2.12. The van der Waals surface area contributed by atoms with Gasteiger partial charge in [-0.1, -0.05) is 12.1 Å². The average Bonchev–Trinajstić information content (AvgIpc) is 2.79. The fourth-order valence-electron chi connectivity index (χ4n) is 2.82. The smallest absolute Gasteiger partial charge is 0.295 e. The van der Waals surface area contributed by atoms with Crippen LogP contribution < -0.4 is 19.6 Å². The Labute approximate surface area is 189 Å². The number of hydrogen-bond donors (Lipinski definition) is 3. The van der Waals surface area contributed by atoms with Crippen molar-refractivity contribution in [2.45, 2.75) is 4.90 Å². The molecule has 33 heavy (non-hydrogen) atoms. The molecule has 0 bridgehead atoms. The lowest BCUT2D eigenvalue weighted by Crippen LogP contribution is -2.14. The average molecular weight is 472 g/mol. The normalized spacial score (nSPS) is 11.2. The van der Waals surface area contributed by atoms with Crippen molar-refractivity contribution in [3.63, 3.8) is 0 Å². The van der Waals surface area contributed by atoms with E-state index in [1.165, 1.54) is 50.8 Å². The van der Waals surface area contributed by atoms with E-state index in [0.717, 1.165) is 6.07 Å². The molecule has 0 saturated carbocycles. The molecule has 0 radical (unpaired) electrons. The van der Waals surface area contributed by atoms with Gasteiger partial charge in [0.2, 0.25) is 0 Å². The van der Waals surface area contributed by atoms with E-state index in [1.807, 2.05) is 0 Å². The van der Waals surface area contributed by atoms with Crippen molar-refractivity contribution in [2.75, 3.05) is 24.4 Å². The number of para-hydroxylation sites is 2. The first-order valence-corrected chi connectivity index (χ1v) is 10.8. The van der Waals surface area contributed by atoms with E-state index in [-0.39, 0.29) is 27.8 Å². The molecular formula is C21H20N4O7S. The number of sulfonamides is 1. The Balaban J connectivity index is 1.84. The van der Waals surface area contributed by atoms with Crippen LogP contribution in [0.3, 0.4) is 0 Å². The van der Waals surface area contributed by atoms with Gasteiger partial charge in [0.25, 0.3) is 15.7 Å². The van der Waals surface area contributed by atoms with Crippen LogP contribution in [0.5, 0.6) is 17.2 Å². The number of hydrogen-bond acceptors (Lipinski definition) is 9. The number of anilines is 2. The molecule has 0 heterocycles. The van der Waals surface area contributed by atoms with E-state index in [0.29, 0.717) is 11.3 Å². The predicted octanol–water partition coefficient (Wildman–Crippen LogP) is 3.56. The van der Waals surface area contributed by atoms with Gasteiger partial charge in [-0.05, 0) is 48.0 Å². The molecule has 0 aromatic heterocycles. The van der Waals surface area contributed by atoms with Gasteiger partial charge in [0.05, 0.1) is 35.9 Å². The van der Waals surface area contributed by atoms with Gasteiger partial charge in [0, 0.05) is 6.07 Å². The number of phenols is 1. The van der Waals surface area contributed by atoms with E-state index in [9.17, 15) is 23.6 Å². The van der Waals surface area contributed by atoms with Crippen LogP contribution in [0.25, 0.3) is 0 Å². The summed E-state index contributed by atoms with van der Waals surface area (Å²) in [6, 6.07) is 14.3. The summed E-state index contributed by atoms with van der Waals surface area (Å²) >= 11 is 0. The molecule has 0 saturated heterocycles. The number of rotatable bonds is 9. The zero-order valence-electron chi connectivity index (χ0n) is 17.6. The third-order valence-electron chi connectivity index (χ3n) is 4.43. The summed E-state index contributed by atoms with van der Waals surface area (Å²) < 4.78 is 38.0. The van der Waals surface area contributed by atoms with Crippen molar-refractivity contribution in [1.29, 1.82) is 0 Å². The van der Waals surface area contributed by atoms with Crippen LogP contribution in [0.1, 0.15) is 5.56 Å². The van der Waals surface area contributed by atoms with Crippen LogP contribution in [0.2, 0.25) is 0 Å². The molecule has 172 valence electrons. The standard InChI is InChI=1S/C21H20N4O7S/c1-31-20-6-4-3-5-17(20)24-33(29,30)15-8-9-16(18(12-15)25(27)28)23-22-13-14-7-10-21(32-2)19(26)11-14/h3-13,23-24,26H,1-2H3/b22-13+. The topological polar surface area (TPSA) is 152 Å². The summed E-state index contributed by atoms with van der Waals surface area (Å²) in [6.45, 7) is 0. The van der Waals surface area contributed by atoms with Gasteiger partial charge in [0.15, 0.2) is 11.5 Å². The minimum atomic E-state index is -4.13. The number of nitro groups is 1. The molecule has 0 atom stereocenters. The van der Waals surface area contributed by atoms with Crippen LogP contribution in [-0.2, 0) is 10.0 Å². The van der Waals surface area contributed by atoms with E-state index >= 15 is 0 Å². The summed E-state index contributed by atoms with van der Waals surface area (Å²) in [6.07, 6.45) is 1.33. The maximum Gasteiger partial charge on any atom is 0.295 e. The van der Waals surface area contributed by atoms with Crippen molar-refractivity contribution in [1.82, 2.24) is 0 Å². The monoisotopic (exact) mass is 472 g/mol. The molecule has 0 unspecified atom stereocenters. The second kappa shape index (κ2) is 9.87. The molecule has 0 fully saturated rings. The third-order valence-corrected chi connectivity index (χ3v) is 5.79. The van der Waals surface area contributed by atoms with Crippen LogP contribution in [-0.4, -0.2) is 38.9 Å². The number of aromatic hydroxyl groups is 1. The highest BCUT2D eigenvalue weighted by Crippen LogP contribution is 2.31. The molecule has 0 aliphatic rings. The number of nitrogens with one attached hydrogen (secondary N) is 2. The van der Waals surface area contributed by atoms with Crippen LogP contribution in [0.4, 0.5) is 17.1 Å². The Hall–Kier alpha value is -4.32. The molecule has 3 aromatic carbocycles. The zero-order chi connectivity index (χ0) is 24.0. The first kappa shape index (κ1) is 23.3. The molecule has 0 amide bonds. The summed E-state index contributed by atoms with van der Waals surface area (Å²) in [7, 11) is -1.32. The Morgan fingerprint density at radius 2 is 1.73 bits per heavy atom. The summed E-state index contributed by atoms with van der Waals surface area (Å²) in [5.41, 5.74) is 2.70. The molecule has 0 aliphatic carbocycles. The zero-order valence-corrected chi connectivity index (χ0v) is 18.4. The van der Waals surface area contributed by atoms with Crippen molar-refractivity contribution < 1.29 is 27.9 Å². The predicted molar refractivity (Wildman–Crippen MR) is 123 cm³/mol. The van der Waals surface area contributed by atoms with Crippen LogP contribution in [0, 0.1) is 10.1 Å². The Morgan fingerprint density at radius 3 is 2.39 bits per heavy atom. The first-order valence-electron chi connectivity index (χ1n) is 9.35. The largest absolute Gasteiger partial charge is 0.504 e. The van der Waals surface area contributed by atoms with E-state index in [2.05, 4.69) is 15.2 Å². The Kier molecular flexibility index (Phi) is 6.98. The highest BCUT2D eigenvalue weighted by Gasteiger charge is 2.22. The highest BCUT2D eigenvalue weighted by atomic mass is 32.2.